The van der Waals surface area contributed by atoms with Crippen molar-refractivity contribution in [3.8, 4) is 0 Å². The molecule has 0 spiro atoms. The van der Waals surface area contributed by atoms with E-state index in [2.05, 4.69) is 4.98 Å². The Morgan fingerprint density at radius 2 is 2.33 bits per heavy atom. The standard InChI is InChI=1S/C10H15NO3S/c1-5-14-9(12)10(3,13-4)8-11-7(2)6-15-8/h6H,5H2,1-4H3. The Morgan fingerprint density at radius 3 is 2.73 bits per heavy atom. The zero-order valence-corrected chi connectivity index (χ0v) is 10.2. The van der Waals surface area contributed by atoms with Crippen molar-refractivity contribution >= 4 is 17.3 Å². The normalized spacial score (nSPS) is 14.7. The van der Waals surface area contributed by atoms with Crippen LogP contribution >= 0.6 is 11.3 Å². The maximum Gasteiger partial charge on any atom is 0.345 e. The molecular formula is C10H15NO3S. The smallest absolute Gasteiger partial charge is 0.345 e. The fourth-order valence-electron chi connectivity index (χ4n) is 1.10. The van der Waals surface area contributed by atoms with E-state index < -0.39 is 11.6 Å². The molecule has 15 heavy (non-hydrogen) atoms. The number of esters is 1. The van der Waals surface area contributed by atoms with Crippen molar-refractivity contribution in [3.05, 3.63) is 16.1 Å². The van der Waals surface area contributed by atoms with Gasteiger partial charge in [0.1, 0.15) is 5.01 Å². The molecule has 1 aromatic rings. The summed E-state index contributed by atoms with van der Waals surface area (Å²) in [5.74, 6) is -0.401. The van der Waals surface area contributed by atoms with Gasteiger partial charge in [-0.1, -0.05) is 0 Å². The van der Waals surface area contributed by atoms with Gasteiger partial charge in [0.15, 0.2) is 0 Å². The molecule has 0 aliphatic carbocycles. The van der Waals surface area contributed by atoms with E-state index in [1.54, 1.807) is 13.8 Å². The van der Waals surface area contributed by atoms with E-state index in [0.717, 1.165) is 5.69 Å². The van der Waals surface area contributed by atoms with Crippen molar-refractivity contribution in [1.29, 1.82) is 0 Å². The first-order chi connectivity index (χ1) is 7.04. The van der Waals surface area contributed by atoms with Gasteiger partial charge in [-0.25, -0.2) is 9.78 Å². The molecule has 1 aromatic heterocycles. The molecule has 5 heteroatoms. The monoisotopic (exact) mass is 229 g/mol. The lowest BCUT2D eigenvalue weighted by Gasteiger charge is -2.22. The second kappa shape index (κ2) is 4.72. The van der Waals surface area contributed by atoms with Crippen LogP contribution in [0, 0.1) is 6.92 Å². The van der Waals surface area contributed by atoms with Crippen molar-refractivity contribution in [2.24, 2.45) is 0 Å². The lowest BCUT2D eigenvalue weighted by molar-refractivity contribution is -0.168. The van der Waals surface area contributed by atoms with E-state index in [1.807, 2.05) is 12.3 Å². The zero-order valence-electron chi connectivity index (χ0n) is 9.36. The van der Waals surface area contributed by atoms with Crippen molar-refractivity contribution in [1.82, 2.24) is 4.98 Å². The van der Waals surface area contributed by atoms with Crippen LogP contribution in [0.15, 0.2) is 5.38 Å². The van der Waals surface area contributed by atoms with E-state index in [9.17, 15) is 4.79 Å². The maximum absolute atomic E-state index is 11.7. The number of aryl methyl sites for hydroxylation is 1. The summed E-state index contributed by atoms with van der Waals surface area (Å²) in [5.41, 5.74) is -0.211. The van der Waals surface area contributed by atoms with Gasteiger partial charge in [0, 0.05) is 18.2 Å². The third-order valence-corrected chi connectivity index (χ3v) is 3.26. The summed E-state index contributed by atoms with van der Waals surface area (Å²) in [6, 6.07) is 0. The minimum atomic E-state index is -1.09. The number of thiazole rings is 1. The predicted molar refractivity (Wildman–Crippen MR) is 57.8 cm³/mol. The molecule has 0 saturated heterocycles. The summed E-state index contributed by atoms with van der Waals surface area (Å²) in [5, 5.41) is 2.51. The highest BCUT2D eigenvalue weighted by molar-refractivity contribution is 7.10. The van der Waals surface area contributed by atoms with E-state index in [-0.39, 0.29) is 0 Å². The molecule has 0 aliphatic rings. The number of hydrogen-bond acceptors (Lipinski definition) is 5. The Kier molecular flexibility index (Phi) is 3.82. The Hall–Kier alpha value is -0.940. The van der Waals surface area contributed by atoms with E-state index in [4.69, 9.17) is 9.47 Å². The van der Waals surface area contributed by atoms with Crippen LogP contribution in [-0.4, -0.2) is 24.7 Å². The molecule has 1 atom stereocenters. The quantitative estimate of drug-likeness (QED) is 0.740. The van der Waals surface area contributed by atoms with Crippen molar-refractivity contribution < 1.29 is 14.3 Å². The van der Waals surface area contributed by atoms with Gasteiger partial charge < -0.3 is 9.47 Å². The van der Waals surface area contributed by atoms with Crippen LogP contribution < -0.4 is 0 Å². The molecule has 1 rings (SSSR count). The number of nitrogens with zero attached hydrogens (tertiary/aromatic N) is 1. The summed E-state index contributed by atoms with van der Waals surface area (Å²) >= 11 is 1.40. The van der Waals surface area contributed by atoms with Gasteiger partial charge in [0.05, 0.1) is 6.61 Å². The van der Waals surface area contributed by atoms with Gasteiger partial charge in [-0.05, 0) is 20.8 Å². The van der Waals surface area contributed by atoms with Gasteiger partial charge in [-0.3, -0.25) is 0 Å². The molecule has 0 aliphatic heterocycles. The Labute approximate surface area is 93.2 Å². The lowest BCUT2D eigenvalue weighted by atomic mass is 10.1. The molecule has 0 radical (unpaired) electrons. The van der Waals surface area contributed by atoms with Crippen molar-refractivity contribution in [2.75, 3.05) is 13.7 Å². The average molecular weight is 229 g/mol. The molecule has 0 saturated carbocycles. The second-order valence-corrected chi connectivity index (χ2v) is 4.11. The van der Waals surface area contributed by atoms with Crippen molar-refractivity contribution in [2.45, 2.75) is 26.4 Å². The van der Waals surface area contributed by atoms with Crippen molar-refractivity contribution in [3.63, 3.8) is 0 Å². The van der Waals surface area contributed by atoms with Gasteiger partial charge in [0.25, 0.3) is 0 Å². The molecule has 0 bridgehead atoms. The fourth-order valence-corrected chi connectivity index (χ4v) is 2.02. The molecule has 0 aromatic carbocycles. The molecule has 0 N–H and O–H groups in total. The minimum Gasteiger partial charge on any atom is -0.464 e. The average Bonchev–Trinajstić information content (AvgIpc) is 2.64. The number of ether oxygens (including phenoxy) is 2. The number of rotatable bonds is 4. The number of carbonyl (C=O) groups excluding carboxylic acids is 1. The number of methoxy groups -OCH3 is 1. The molecule has 0 amide bonds. The minimum absolute atomic E-state index is 0.335. The van der Waals surface area contributed by atoms with Gasteiger partial charge in [-0.2, -0.15) is 0 Å². The highest BCUT2D eigenvalue weighted by atomic mass is 32.1. The Morgan fingerprint density at radius 1 is 1.67 bits per heavy atom. The molecule has 84 valence electrons. The molecule has 4 nitrogen and oxygen atoms in total. The van der Waals surface area contributed by atoms with Gasteiger partial charge in [-0.15, -0.1) is 11.3 Å². The highest BCUT2D eigenvalue weighted by Crippen LogP contribution is 2.28. The molecular weight excluding hydrogens is 214 g/mol. The van der Waals surface area contributed by atoms with Gasteiger partial charge >= 0.3 is 5.97 Å². The van der Waals surface area contributed by atoms with Crippen LogP contribution in [0.4, 0.5) is 0 Å². The predicted octanol–water partition coefficient (Wildman–Crippen LogP) is 1.88. The fraction of sp³-hybridized carbons (Fsp3) is 0.600. The maximum atomic E-state index is 11.7. The van der Waals surface area contributed by atoms with Crippen LogP contribution in [0.1, 0.15) is 24.5 Å². The van der Waals surface area contributed by atoms with Crippen LogP contribution in [-0.2, 0) is 19.9 Å². The molecule has 1 unspecified atom stereocenters. The van der Waals surface area contributed by atoms with E-state index >= 15 is 0 Å². The molecule has 1 heterocycles. The summed E-state index contributed by atoms with van der Waals surface area (Å²) in [7, 11) is 1.48. The van der Waals surface area contributed by atoms with E-state index in [0.29, 0.717) is 11.6 Å². The first-order valence-electron chi connectivity index (χ1n) is 4.69. The third kappa shape index (κ3) is 2.35. The highest BCUT2D eigenvalue weighted by Gasteiger charge is 2.39. The van der Waals surface area contributed by atoms with Gasteiger partial charge in [0.2, 0.25) is 5.60 Å². The summed E-state index contributed by atoms with van der Waals surface area (Å²) in [6.45, 7) is 5.65. The number of carbonyl (C=O) groups is 1. The zero-order chi connectivity index (χ0) is 11.5. The van der Waals surface area contributed by atoms with Crippen LogP contribution in [0.2, 0.25) is 0 Å². The van der Waals surface area contributed by atoms with E-state index in [1.165, 1.54) is 18.4 Å². The number of hydrogen-bond donors (Lipinski definition) is 0. The molecule has 0 fully saturated rings. The second-order valence-electron chi connectivity index (χ2n) is 3.25. The summed E-state index contributed by atoms with van der Waals surface area (Å²) in [4.78, 5) is 16.0. The summed E-state index contributed by atoms with van der Waals surface area (Å²) < 4.78 is 10.2. The summed E-state index contributed by atoms with van der Waals surface area (Å²) in [6.07, 6.45) is 0. The van der Waals surface area contributed by atoms with Crippen LogP contribution in [0.5, 0.6) is 0 Å². The third-order valence-electron chi connectivity index (χ3n) is 2.10. The Bertz CT molecular complexity index is 350. The first kappa shape index (κ1) is 12.1. The topological polar surface area (TPSA) is 48.4 Å². The van der Waals surface area contributed by atoms with Crippen LogP contribution in [0.25, 0.3) is 0 Å². The number of aromatic nitrogens is 1. The first-order valence-corrected chi connectivity index (χ1v) is 5.57. The SMILES string of the molecule is CCOC(=O)C(C)(OC)c1nc(C)cs1. The Balaban J connectivity index is 2.99. The largest absolute Gasteiger partial charge is 0.464 e. The van der Waals surface area contributed by atoms with Crippen LogP contribution in [0.3, 0.4) is 0 Å². The lowest BCUT2D eigenvalue weighted by Crippen LogP contribution is -2.36.